The van der Waals surface area contributed by atoms with Crippen LogP contribution in [0.15, 0.2) is 24.4 Å². The summed E-state index contributed by atoms with van der Waals surface area (Å²) >= 11 is 0. The van der Waals surface area contributed by atoms with Crippen molar-refractivity contribution >= 4 is 21.9 Å². The minimum Gasteiger partial charge on any atom is -0.378 e. The maximum Gasteiger partial charge on any atom is 0.124 e. The van der Waals surface area contributed by atoms with Gasteiger partial charge in [-0.1, -0.05) is 0 Å². The van der Waals surface area contributed by atoms with E-state index in [2.05, 4.69) is 16.5 Å². The Hall–Kier alpha value is -2.08. The maximum atomic E-state index is 14.0. The first-order chi connectivity index (χ1) is 13.1. The number of imidazole rings is 1. The number of ether oxygens (including phenoxy) is 1. The molecule has 2 aliphatic rings. The van der Waals surface area contributed by atoms with Crippen molar-refractivity contribution in [2.45, 2.75) is 63.3 Å². The number of pyridine rings is 1. The van der Waals surface area contributed by atoms with E-state index in [0.717, 1.165) is 47.0 Å². The van der Waals surface area contributed by atoms with Crippen molar-refractivity contribution < 1.29 is 13.5 Å². The van der Waals surface area contributed by atoms with Crippen molar-refractivity contribution in [3.05, 3.63) is 36.0 Å². The molecule has 1 aliphatic heterocycles. The lowest BCUT2D eigenvalue weighted by Crippen LogP contribution is -2.27. The van der Waals surface area contributed by atoms with Crippen molar-refractivity contribution in [2.75, 3.05) is 6.61 Å². The quantitative estimate of drug-likeness (QED) is 0.631. The minimum absolute atomic E-state index is 0.106. The van der Waals surface area contributed by atoms with Crippen molar-refractivity contribution in [1.82, 2.24) is 14.5 Å². The number of rotatable bonds is 2. The van der Waals surface area contributed by atoms with Crippen LogP contribution < -0.4 is 0 Å². The number of hydrogen-bond acceptors (Lipinski definition) is 3. The highest BCUT2D eigenvalue weighted by molar-refractivity contribution is 6.02. The zero-order valence-electron chi connectivity index (χ0n) is 15.4. The van der Waals surface area contributed by atoms with Gasteiger partial charge in [0.05, 0.1) is 23.3 Å². The summed E-state index contributed by atoms with van der Waals surface area (Å²) in [7, 11) is 0. The van der Waals surface area contributed by atoms with E-state index in [1.165, 1.54) is 6.07 Å². The zero-order chi connectivity index (χ0) is 18.5. The van der Waals surface area contributed by atoms with Crippen molar-refractivity contribution in [2.24, 2.45) is 0 Å². The van der Waals surface area contributed by atoms with Gasteiger partial charge in [-0.3, -0.25) is 4.98 Å². The summed E-state index contributed by atoms with van der Waals surface area (Å²) < 4.78 is 36.0. The van der Waals surface area contributed by atoms with Crippen LogP contribution in [0, 0.1) is 5.82 Å². The summed E-state index contributed by atoms with van der Waals surface area (Å²) in [6.07, 6.45) is 4.84. The Labute approximate surface area is 156 Å². The van der Waals surface area contributed by atoms with Crippen molar-refractivity contribution in [3.63, 3.8) is 0 Å². The molecule has 6 heteroatoms. The second-order valence-corrected chi connectivity index (χ2v) is 7.96. The average molecular weight is 371 g/mol. The summed E-state index contributed by atoms with van der Waals surface area (Å²) in [4.78, 5) is 9.34. The molecule has 2 unspecified atom stereocenters. The molecule has 0 radical (unpaired) electrons. The summed E-state index contributed by atoms with van der Waals surface area (Å²) in [5.41, 5.74) is 2.45. The van der Waals surface area contributed by atoms with Crippen LogP contribution in [0.5, 0.6) is 0 Å². The van der Waals surface area contributed by atoms with Gasteiger partial charge in [-0.05, 0) is 57.2 Å². The van der Waals surface area contributed by atoms with Crippen LogP contribution >= 0.6 is 0 Å². The molecule has 0 spiro atoms. The average Bonchev–Trinajstić information content (AvgIpc) is 3.25. The van der Waals surface area contributed by atoms with Gasteiger partial charge >= 0.3 is 0 Å². The molecule has 27 heavy (non-hydrogen) atoms. The number of nitrogens with zero attached hydrogens (tertiary/aromatic N) is 3. The van der Waals surface area contributed by atoms with E-state index in [1.54, 1.807) is 18.3 Å². The predicted molar refractivity (Wildman–Crippen MR) is 100 cm³/mol. The van der Waals surface area contributed by atoms with Crippen LogP contribution in [0.2, 0.25) is 0 Å². The van der Waals surface area contributed by atoms with Gasteiger partial charge in [-0.2, -0.15) is 0 Å². The molecule has 0 amide bonds. The van der Waals surface area contributed by atoms with Crippen LogP contribution in [-0.2, 0) is 4.74 Å². The van der Waals surface area contributed by atoms with E-state index >= 15 is 0 Å². The zero-order valence-corrected chi connectivity index (χ0v) is 15.4. The van der Waals surface area contributed by atoms with Gasteiger partial charge in [-0.25, -0.2) is 13.8 Å². The predicted octanol–water partition coefficient (Wildman–Crippen LogP) is 5.07. The van der Waals surface area contributed by atoms with Crippen LogP contribution in [0.1, 0.15) is 56.8 Å². The first kappa shape index (κ1) is 17.0. The van der Waals surface area contributed by atoms with Crippen LogP contribution in [-0.4, -0.2) is 33.4 Å². The van der Waals surface area contributed by atoms with Crippen molar-refractivity contribution in [1.29, 1.82) is 0 Å². The Morgan fingerprint density at radius 2 is 2.04 bits per heavy atom. The molecule has 4 atom stereocenters. The third-order valence-corrected chi connectivity index (χ3v) is 6.06. The highest BCUT2D eigenvalue weighted by Gasteiger charge is 2.33. The van der Waals surface area contributed by atoms with E-state index in [-0.39, 0.29) is 23.9 Å². The van der Waals surface area contributed by atoms with Gasteiger partial charge in [-0.15, -0.1) is 0 Å². The fourth-order valence-corrected chi connectivity index (χ4v) is 4.79. The lowest BCUT2D eigenvalue weighted by molar-refractivity contribution is 0.00605. The van der Waals surface area contributed by atoms with E-state index in [9.17, 15) is 8.78 Å². The Morgan fingerprint density at radius 3 is 2.81 bits per heavy atom. The molecule has 5 rings (SSSR count). The third-order valence-electron chi connectivity index (χ3n) is 6.06. The standard InChI is InChI=1S/C21H23F2N3O/c1-12-8-16(6-7-27-12)26-20-17-10-15(23)4-5-18(17)24-11-19(20)25-21(26)13-2-3-14(22)9-13/h4-5,10-14,16H,2-3,6-9H2,1H3/t12-,13?,14?,16-/m1/s1. The minimum atomic E-state index is -0.760. The summed E-state index contributed by atoms with van der Waals surface area (Å²) in [5.74, 6) is 0.758. The van der Waals surface area contributed by atoms with Gasteiger partial charge in [0.1, 0.15) is 23.3 Å². The third kappa shape index (κ3) is 2.90. The number of aromatic nitrogens is 3. The molecule has 2 fully saturated rings. The fourth-order valence-electron chi connectivity index (χ4n) is 4.79. The SMILES string of the molecule is C[C@@H]1C[C@H](n2c(C3CCC(F)C3)nc3cnc4ccc(F)cc4c32)CCO1. The molecular formula is C21H23F2N3O. The second-order valence-electron chi connectivity index (χ2n) is 7.96. The number of alkyl halides is 1. The van der Waals surface area contributed by atoms with Crippen LogP contribution in [0.4, 0.5) is 8.78 Å². The number of hydrogen-bond donors (Lipinski definition) is 0. The Kier molecular flexibility index (Phi) is 4.11. The Bertz CT molecular complexity index is 1000. The molecule has 1 saturated heterocycles. The molecular weight excluding hydrogens is 348 g/mol. The molecule has 3 aromatic rings. The summed E-state index contributed by atoms with van der Waals surface area (Å²) in [6, 6.07) is 4.91. The number of fused-ring (bicyclic) bond motifs is 3. The molecule has 0 N–H and O–H groups in total. The van der Waals surface area contributed by atoms with E-state index in [0.29, 0.717) is 19.4 Å². The van der Waals surface area contributed by atoms with Crippen molar-refractivity contribution in [3.8, 4) is 0 Å². The molecule has 0 bridgehead atoms. The highest BCUT2D eigenvalue weighted by Crippen LogP contribution is 2.41. The molecule has 142 valence electrons. The van der Waals surface area contributed by atoms with Gasteiger partial charge in [0.15, 0.2) is 0 Å². The molecule has 1 aromatic carbocycles. The molecule has 4 nitrogen and oxygen atoms in total. The van der Waals surface area contributed by atoms with Crippen LogP contribution in [0.25, 0.3) is 21.9 Å². The Balaban J connectivity index is 1.76. The fraction of sp³-hybridized carbons (Fsp3) is 0.524. The summed E-state index contributed by atoms with van der Waals surface area (Å²) in [5, 5.41) is 0.778. The largest absolute Gasteiger partial charge is 0.378 e. The van der Waals surface area contributed by atoms with Gasteiger partial charge < -0.3 is 9.30 Å². The normalized spacial score (nSPS) is 29.0. The van der Waals surface area contributed by atoms with Gasteiger partial charge in [0.2, 0.25) is 0 Å². The van der Waals surface area contributed by atoms with Gasteiger partial charge in [0.25, 0.3) is 0 Å². The monoisotopic (exact) mass is 371 g/mol. The molecule has 2 aromatic heterocycles. The molecule has 3 heterocycles. The summed E-state index contributed by atoms with van der Waals surface area (Å²) in [6.45, 7) is 2.77. The first-order valence-corrected chi connectivity index (χ1v) is 9.82. The van der Waals surface area contributed by atoms with Crippen LogP contribution in [0.3, 0.4) is 0 Å². The van der Waals surface area contributed by atoms with Gasteiger partial charge in [0, 0.05) is 24.0 Å². The smallest absolute Gasteiger partial charge is 0.124 e. The maximum absolute atomic E-state index is 14.0. The number of halogens is 2. The van der Waals surface area contributed by atoms with E-state index in [4.69, 9.17) is 9.72 Å². The Morgan fingerprint density at radius 1 is 1.15 bits per heavy atom. The topological polar surface area (TPSA) is 39.9 Å². The second kappa shape index (κ2) is 6.51. The highest BCUT2D eigenvalue weighted by atomic mass is 19.1. The lowest BCUT2D eigenvalue weighted by Gasteiger charge is -2.31. The van der Waals surface area contributed by atoms with E-state index in [1.807, 2.05) is 0 Å². The van der Waals surface area contributed by atoms with E-state index < -0.39 is 6.17 Å². The lowest BCUT2D eigenvalue weighted by atomic mass is 10.0. The first-order valence-electron chi connectivity index (χ1n) is 9.82. The molecule has 1 aliphatic carbocycles. The number of benzene rings is 1. The molecule has 1 saturated carbocycles.